The van der Waals surface area contributed by atoms with E-state index in [9.17, 15) is 0 Å². The molecule has 0 amide bonds. The minimum absolute atomic E-state index is 0.931. The molecular weight excluding hydrogens is 162 g/mol. The molecule has 3 aromatic rings. The number of benzene rings is 1. The van der Waals surface area contributed by atoms with Crippen molar-refractivity contribution in [2.75, 3.05) is 0 Å². The average molecular weight is 170 g/mol. The van der Waals surface area contributed by atoms with Gasteiger partial charge in [-0.3, -0.25) is 0 Å². The number of hydrogen-bond acceptors (Lipinski definition) is 1. The van der Waals surface area contributed by atoms with Gasteiger partial charge in [0.15, 0.2) is 0 Å². The van der Waals surface area contributed by atoms with Gasteiger partial charge in [-0.15, -0.1) is 0 Å². The SMILES string of the molecule is c1ccc2c(c1)[nH]c1nc[nH+]cc12. The van der Waals surface area contributed by atoms with Crippen LogP contribution >= 0.6 is 0 Å². The fraction of sp³-hybridized carbons (Fsp3) is 0. The lowest BCUT2D eigenvalue weighted by Crippen LogP contribution is -1.99. The first kappa shape index (κ1) is 6.60. The third-order valence-corrected chi connectivity index (χ3v) is 2.22. The van der Waals surface area contributed by atoms with Crippen molar-refractivity contribution in [3.05, 3.63) is 36.8 Å². The maximum Gasteiger partial charge on any atom is 0.286 e. The van der Waals surface area contributed by atoms with E-state index < -0.39 is 0 Å². The van der Waals surface area contributed by atoms with E-state index in [0.29, 0.717) is 0 Å². The van der Waals surface area contributed by atoms with Crippen LogP contribution in [0.15, 0.2) is 36.8 Å². The Morgan fingerprint density at radius 3 is 3.08 bits per heavy atom. The number of rotatable bonds is 0. The van der Waals surface area contributed by atoms with Crippen LogP contribution in [0.3, 0.4) is 0 Å². The summed E-state index contributed by atoms with van der Waals surface area (Å²) >= 11 is 0. The molecule has 0 aliphatic heterocycles. The predicted octanol–water partition coefficient (Wildman–Crippen LogP) is 1.53. The molecule has 0 bridgehead atoms. The van der Waals surface area contributed by atoms with E-state index in [1.165, 1.54) is 5.39 Å². The average Bonchev–Trinajstić information content (AvgIpc) is 2.56. The van der Waals surface area contributed by atoms with E-state index in [4.69, 9.17) is 0 Å². The highest BCUT2D eigenvalue weighted by Crippen LogP contribution is 2.21. The quantitative estimate of drug-likeness (QED) is 0.546. The second-order valence-electron chi connectivity index (χ2n) is 3.00. The number of fused-ring (bicyclic) bond motifs is 3. The Hall–Kier alpha value is -1.90. The Balaban J connectivity index is 2.64. The number of nitrogens with zero attached hydrogens (tertiary/aromatic N) is 1. The third-order valence-electron chi connectivity index (χ3n) is 2.22. The van der Waals surface area contributed by atoms with Crippen LogP contribution in [0.4, 0.5) is 0 Å². The third kappa shape index (κ3) is 0.839. The van der Waals surface area contributed by atoms with Crippen LogP contribution in [0.5, 0.6) is 0 Å². The molecule has 0 saturated heterocycles. The molecule has 0 radical (unpaired) electrons. The van der Waals surface area contributed by atoms with E-state index in [1.807, 2.05) is 18.3 Å². The number of H-pyrrole nitrogens is 2. The maximum absolute atomic E-state index is 4.21. The lowest BCUT2D eigenvalue weighted by atomic mass is 10.2. The topological polar surface area (TPSA) is 42.8 Å². The molecule has 0 aliphatic carbocycles. The fourth-order valence-electron chi connectivity index (χ4n) is 1.62. The largest absolute Gasteiger partial charge is 0.318 e. The molecule has 3 heteroatoms. The van der Waals surface area contributed by atoms with E-state index in [0.717, 1.165) is 16.6 Å². The molecule has 0 unspecified atom stereocenters. The first-order chi connectivity index (χ1) is 6.45. The first-order valence-electron chi connectivity index (χ1n) is 4.18. The molecular formula is C10H8N3+. The number of aromatic nitrogens is 3. The standard InChI is InChI=1S/C10H7N3/c1-2-4-9-7(3-1)8-5-11-6-12-10(8)13-9/h1-6H,(H,11,12,13)/p+1. The molecule has 2 N–H and O–H groups in total. The minimum Gasteiger partial charge on any atom is -0.318 e. The molecule has 0 fully saturated rings. The van der Waals surface area contributed by atoms with E-state index >= 15 is 0 Å². The molecule has 1 aromatic carbocycles. The van der Waals surface area contributed by atoms with Gasteiger partial charge in [-0.1, -0.05) is 18.2 Å². The van der Waals surface area contributed by atoms with Gasteiger partial charge in [0.05, 0.1) is 5.39 Å². The van der Waals surface area contributed by atoms with Crippen LogP contribution in [0.1, 0.15) is 0 Å². The minimum atomic E-state index is 0.931. The Morgan fingerprint density at radius 1 is 1.15 bits per heavy atom. The monoisotopic (exact) mass is 170 g/mol. The van der Waals surface area contributed by atoms with Crippen LogP contribution < -0.4 is 4.98 Å². The highest BCUT2D eigenvalue weighted by atomic mass is 14.9. The van der Waals surface area contributed by atoms with Crippen LogP contribution in [-0.2, 0) is 0 Å². The fourth-order valence-corrected chi connectivity index (χ4v) is 1.62. The number of nitrogens with one attached hydrogen (secondary N) is 2. The number of aromatic amines is 2. The van der Waals surface area contributed by atoms with Gasteiger partial charge in [0.2, 0.25) is 0 Å². The van der Waals surface area contributed by atoms with Crippen LogP contribution in [0.2, 0.25) is 0 Å². The Morgan fingerprint density at radius 2 is 2.08 bits per heavy atom. The molecule has 62 valence electrons. The molecule has 2 aromatic heterocycles. The van der Waals surface area contributed by atoms with Gasteiger partial charge >= 0.3 is 0 Å². The highest BCUT2D eigenvalue weighted by molar-refractivity contribution is 6.04. The zero-order valence-electron chi connectivity index (χ0n) is 6.91. The van der Waals surface area contributed by atoms with Crippen LogP contribution in [0, 0.1) is 0 Å². The van der Waals surface area contributed by atoms with Crippen molar-refractivity contribution in [3.63, 3.8) is 0 Å². The molecule has 3 nitrogen and oxygen atoms in total. The van der Waals surface area contributed by atoms with Crippen molar-refractivity contribution in [1.29, 1.82) is 0 Å². The highest BCUT2D eigenvalue weighted by Gasteiger charge is 2.07. The maximum atomic E-state index is 4.21. The second-order valence-corrected chi connectivity index (χ2v) is 3.00. The molecule has 13 heavy (non-hydrogen) atoms. The summed E-state index contributed by atoms with van der Waals surface area (Å²) in [6.07, 6.45) is 3.64. The lowest BCUT2D eigenvalue weighted by molar-refractivity contribution is -0.380. The second kappa shape index (κ2) is 2.29. The van der Waals surface area contributed by atoms with Crippen molar-refractivity contribution in [2.24, 2.45) is 0 Å². The normalized spacial score (nSPS) is 11.1. The molecule has 0 aliphatic rings. The molecule has 3 rings (SSSR count). The first-order valence-corrected chi connectivity index (χ1v) is 4.18. The van der Waals surface area contributed by atoms with Gasteiger partial charge < -0.3 is 4.98 Å². The summed E-state index contributed by atoms with van der Waals surface area (Å²) in [6.45, 7) is 0. The number of hydrogen-bond donors (Lipinski definition) is 1. The Bertz CT molecular complexity index is 518. The summed E-state index contributed by atoms with van der Waals surface area (Å²) in [5.41, 5.74) is 2.06. The molecule has 0 atom stereocenters. The molecule has 0 spiro atoms. The summed E-state index contributed by atoms with van der Waals surface area (Å²) in [5, 5.41) is 2.35. The van der Waals surface area contributed by atoms with Crippen LogP contribution in [0.25, 0.3) is 21.9 Å². The lowest BCUT2D eigenvalue weighted by Gasteiger charge is -1.84. The summed E-state index contributed by atoms with van der Waals surface area (Å²) in [7, 11) is 0. The van der Waals surface area contributed by atoms with Gasteiger partial charge in [-0.05, 0) is 11.1 Å². The van der Waals surface area contributed by atoms with Gasteiger partial charge in [-0.2, -0.15) is 0 Å². The summed E-state index contributed by atoms with van der Waals surface area (Å²) < 4.78 is 0. The van der Waals surface area contributed by atoms with Crippen molar-refractivity contribution in [3.8, 4) is 0 Å². The summed E-state index contributed by atoms with van der Waals surface area (Å²) in [4.78, 5) is 10.4. The number of para-hydroxylation sites is 1. The Kier molecular flexibility index (Phi) is 1.16. The Labute approximate surface area is 74.4 Å². The van der Waals surface area contributed by atoms with Gasteiger partial charge in [0, 0.05) is 10.9 Å². The smallest absolute Gasteiger partial charge is 0.286 e. The summed E-state index contributed by atoms with van der Waals surface area (Å²) in [6, 6.07) is 8.19. The predicted molar refractivity (Wildman–Crippen MR) is 50.2 cm³/mol. The van der Waals surface area contributed by atoms with Crippen LogP contribution in [-0.4, -0.2) is 9.97 Å². The van der Waals surface area contributed by atoms with Gasteiger partial charge in [-0.25, -0.2) is 4.98 Å². The summed E-state index contributed by atoms with van der Waals surface area (Å²) in [5.74, 6) is 0. The van der Waals surface area contributed by atoms with E-state index in [2.05, 4.69) is 27.1 Å². The van der Waals surface area contributed by atoms with Gasteiger partial charge in [0.25, 0.3) is 12.0 Å². The van der Waals surface area contributed by atoms with Crippen molar-refractivity contribution < 1.29 is 4.98 Å². The van der Waals surface area contributed by atoms with Gasteiger partial charge in [0.1, 0.15) is 6.20 Å². The molecule has 0 saturated carbocycles. The zero-order chi connectivity index (χ0) is 8.67. The van der Waals surface area contributed by atoms with Crippen molar-refractivity contribution in [1.82, 2.24) is 9.97 Å². The zero-order valence-corrected chi connectivity index (χ0v) is 6.91. The van der Waals surface area contributed by atoms with Crippen molar-refractivity contribution in [2.45, 2.75) is 0 Å². The molecule has 2 heterocycles. The van der Waals surface area contributed by atoms with E-state index in [-0.39, 0.29) is 0 Å². The van der Waals surface area contributed by atoms with Crippen molar-refractivity contribution >= 4 is 21.9 Å². The van der Waals surface area contributed by atoms with E-state index in [1.54, 1.807) is 6.33 Å².